The van der Waals surface area contributed by atoms with E-state index >= 15 is 0 Å². The third-order valence-corrected chi connectivity index (χ3v) is 4.22. The Morgan fingerprint density at radius 2 is 1.85 bits per heavy atom. The minimum atomic E-state index is 0.188. The molecule has 0 spiro atoms. The lowest BCUT2D eigenvalue weighted by atomic mass is 10.1. The SMILES string of the molecule is CCC(N)Cc1cnc(CSc2ccc(Cl)cc2)nc1. The van der Waals surface area contributed by atoms with E-state index in [0.717, 1.165) is 39.9 Å². The number of rotatable bonds is 6. The van der Waals surface area contributed by atoms with Crippen LogP contribution < -0.4 is 5.73 Å². The average molecular weight is 308 g/mol. The summed E-state index contributed by atoms with van der Waals surface area (Å²) in [6.07, 6.45) is 5.55. The van der Waals surface area contributed by atoms with Crippen molar-refractivity contribution in [2.75, 3.05) is 0 Å². The monoisotopic (exact) mass is 307 g/mol. The second-order valence-corrected chi connectivity index (χ2v) is 6.11. The molecule has 0 radical (unpaired) electrons. The van der Waals surface area contributed by atoms with Crippen molar-refractivity contribution >= 4 is 23.4 Å². The van der Waals surface area contributed by atoms with Gasteiger partial charge in [-0.25, -0.2) is 9.97 Å². The van der Waals surface area contributed by atoms with Crippen LogP contribution in [0.2, 0.25) is 5.02 Å². The Kier molecular flexibility index (Phi) is 5.83. The van der Waals surface area contributed by atoms with Gasteiger partial charge in [0.2, 0.25) is 0 Å². The highest BCUT2D eigenvalue weighted by molar-refractivity contribution is 7.98. The van der Waals surface area contributed by atoms with Crippen LogP contribution in [0.5, 0.6) is 0 Å². The quantitative estimate of drug-likeness (QED) is 0.827. The van der Waals surface area contributed by atoms with Crippen LogP contribution >= 0.6 is 23.4 Å². The van der Waals surface area contributed by atoms with Crippen molar-refractivity contribution in [2.45, 2.75) is 36.5 Å². The van der Waals surface area contributed by atoms with Crippen LogP contribution in [0.25, 0.3) is 0 Å². The van der Waals surface area contributed by atoms with Crippen molar-refractivity contribution in [3.05, 3.63) is 53.1 Å². The van der Waals surface area contributed by atoms with Crippen LogP contribution in [-0.4, -0.2) is 16.0 Å². The maximum atomic E-state index is 5.92. The first-order valence-electron chi connectivity index (χ1n) is 6.61. The van der Waals surface area contributed by atoms with Crippen LogP contribution in [-0.2, 0) is 12.2 Å². The van der Waals surface area contributed by atoms with E-state index in [-0.39, 0.29) is 6.04 Å². The maximum absolute atomic E-state index is 5.92. The van der Waals surface area contributed by atoms with E-state index in [4.69, 9.17) is 17.3 Å². The summed E-state index contributed by atoms with van der Waals surface area (Å²) in [5.41, 5.74) is 7.02. The number of nitrogens with two attached hydrogens (primary N) is 1. The molecule has 2 rings (SSSR count). The molecule has 0 bridgehead atoms. The zero-order valence-corrected chi connectivity index (χ0v) is 13.0. The fraction of sp³-hybridized carbons (Fsp3) is 0.333. The van der Waals surface area contributed by atoms with Gasteiger partial charge in [0, 0.05) is 28.4 Å². The maximum Gasteiger partial charge on any atom is 0.138 e. The average Bonchev–Trinajstić information content (AvgIpc) is 2.48. The molecule has 106 valence electrons. The Morgan fingerprint density at radius 3 is 2.45 bits per heavy atom. The molecule has 20 heavy (non-hydrogen) atoms. The van der Waals surface area contributed by atoms with Gasteiger partial charge in [-0.1, -0.05) is 18.5 Å². The fourth-order valence-corrected chi connectivity index (χ4v) is 2.59. The molecule has 1 atom stereocenters. The van der Waals surface area contributed by atoms with Crippen LogP contribution in [0.4, 0.5) is 0 Å². The molecule has 0 aliphatic carbocycles. The van der Waals surface area contributed by atoms with Crippen LogP contribution in [0.1, 0.15) is 24.7 Å². The highest BCUT2D eigenvalue weighted by Gasteiger charge is 2.04. The molecule has 5 heteroatoms. The molecule has 1 aromatic carbocycles. The Morgan fingerprint density at radius 1 is 1.20 bits per heavy atom. The zero-order chi connectivity index (χ0) is 14.4. The molecule has 1 unspecified atom stereocenters. The molecule has 0 aliphatic heterocycles. The second-order valence-electron chi connectivity index (χ2n) is 4.62. The number of benzene rings is 1. The molecule has 3 nitrogen and oxygen atoms in total. The van der Waals surface area contributed by atoms with Gasteiger partial charge in [-0.15, -0.1) is 11.8 Å². The van der Waals surface area contributed by atoms with Gasteiger partial charge in [0.05, 0.1) is 5.75 Å². The van der Waals surface area contributed by atoms with E-state index in [1.807, 2.05) is 36.7 Å². The van der Waals surface area contributed by atoms with Gasteiger partial charge >= 0.3 is 0 Å². The largest absolute Gasteiger partial charge is 0.327 e. The van der Waals surface area contributed by atoms with Gasteiger partial charge in [0.15, 0.2) is 0 Å². The second kappa shape index (κ2) is 7.62. The summed E-state index contributed by atoms with van der Waals surface area (Å²) in [6.45, 7) is 2.09. The lowest BCUT2D eigenvalue weighted by Crippen LogP contribution is -2.21. The van der Waals surface area contributed by atoms with Crippen molar-refractivity contribution < 1.29 is 0 Å². The van der Waals surface area contributed by atoms with E-state index in [1.165, 1.54) is 0 Å². The number of hydrogen-bond donors (Lipinski definition) is 1. The van der Waals surface area contributed by atoms with Crippen LogP contribution in [0.15, 0.2) is 41.6 Å². The molecule has 0 amide bonds. The molecule has 2 aromatic rings. The van der Waals surface area contributed by atoms with Crippen LogP contribution in [0.3, 0.4) is 0 Å². The third kappa shape index (κ3) is 4.78. The predicted molar refractivity (Wildman–Crippen MR) is 85.0 cm³/mol. The number of halogens is 1. The molecule has 2 N–H and O–H groups in total. The van der Waals surface area contributed by atoms with E-state index in [2.05, 4.69) is 16.9 Å². The summed E-state index contributed by atoms with van der Waals surface area (Å²) in [7, 11) is 0. The number of aromatic nitrogens is 2. The Labute approximate surface area is 129 Å². The van der Waals surface area contributed by atoms with Gasteiger partial charge < -0.3 is 5.73 Å². The zero-order valence-electron chi connectivity index (χ0n) is 11.4. The molecular formula is C15H18ClN3S. The van der Waals surface area contributed by atoms with Crippen LogP contribution in [0, 0.1) is 0 Å². The Balaban J connectivity index is 1.89. The van der Waals surface area contributed by atoms with E-state index in [1.54, 1.807) is 11.8 Å². The standard InChI is InChI=1S/C15H18ClN3S/c1-2-13(17)7-11-8-18-15(19-9-11)10-20-14-5-3-12(16)4-6-14/h3-6,8-9,13H,2,7,10,17H2,1H3. The predicted octanol–water partition coefficient (Wildman–Crippen LogP) is 3.70. The molecule has 0 fully saturated rings. The van der Waals surface area contributed by atoms with Gasteiger partial charge in [0.1, 0.15) is 5.82 Å². The van der Waals surface area contributed by atoms with Crippen molar-refractivity contribution in [3.63, 3.8) is 0 Å². The highest BCUT2D eigenvalue weighted by Crippen LogP contribution is 2.22. The molecule has 0 saturated heterocycles. The summed E-state index contributed by atoms with van der Waals surface area (Å²) >= 11 is 7.55. The van der Waals surface area contributed by atoms with E-state index < -0.39 is 0 Å². The topological polar surface area (TPSA) is 51.8 Å². The lowest BCUT2D eigenvalue weighted by molar-refractivity contribution is 0.642. The molecule has 1 aromatic heterocycles. The first-order valence-corrected chi connectivity index (χ1v) is 7.97. The van der Waals surface area contributed by atoms with Gasteiger partial charge in [-0.05, 0) is 42.7 Å². The third-order valence-electron chi connectivity index (χ3n) is 2.96. The summed E-state index contributed by atoms with van der Waals surface area (Å²) in [5, 5.41) is 0.752. The van der Waals surface area contributed by atoms with Crippen molar-refractivity contribution in [2.24, 2.45) is 5.73 Å². The van der Waals surface area contributed by atoms with Gasteiger partial charge in [-0.2, -0.15) is 0 Å². The van der Waals surface area contributed by atoms with Gasteiger partial charge in [-0.3, -0.25) is 0 Å². The van der Waals surface area contributed by atoms with Crippen molar-refractivity contribution in [1.29, 1.82) is 0 Å². The highest BCUT2D eigenvalue weighted by atomic mass is 35.5. The normalized spacial score (nSPS) is 12.3. The molecule has 1 heterocycles. The minimum absolute atomic E-state index is 0.188. The molecular weight excluding hydrogens is 290 g/mol. The fourth-order valence-electron chi connectivity index (χ4n) is 1.69. The Bertz CT molecular complexity index is 528. The number of thioether (sulfide) groups is 1. The van der Waals surface area contributed by atoms with E-state index in [9.17, 15) is 0 Å². The molecule has 0 aliphatic rings. The summed E-state index contributed by atoms with van der Waals surface area (Å²) in [5.74, 6) is 1.58. The van der Waals surface area contributed by atoms with E-state index in [0.29, 0.717) is 0 Å². The Hall–Kier alpha value is -1.10. The minimum Gasteiger partial charge on any atom is -0.327 e. The van der Waals surface area contributed by atoms with Gasteiger partial charge in [0.25, 0.3) is 0 Å². The summed E-state index contributed by atoms with van der Waals surface area (Å²) < 4.78 is 0. The number of nitrogens with zero attached hydrogens (tertiary/aromatic N) is 2. The summed E-state index contributed by atoms with van der Waals surface area (Å²) in [6, 6.07) is 7.97. The molecule has 0 saturated carbocycles. The van der Waals surface area contributed by atoms with Crippen molar-refractivity contribution in [1.82, 2.24) is 9.97 Å². The van der Waals surface area contributed by atoms with Crippen molar-refractivity contribution in [3.8, 4) is 0 Å². The summed E-state index contributed by atoms with van der Waals surface area (Å²) in [4.78, 5) is 9.93. The number of hydrogen-bond acceptors (Lipinski definition) is 4. The first-order chi connectivity index (χ1) is 9.67. The lowest BCUT2D eigenvalue weighted by Gasteiger charge is -2.08. The smallest absolute Gasteiger partial charge is 0.138 e. The first kappa shape index (κ1) is 15.3.